The molecule has 0 unspecified atom stereocenters. The van der Waals surface area contributed by atoms with Crippen molar-refractivity contribution in [1.29, 1.82) is 0 Å². The van der Waals surface area contributed by atoms with Gasteiger partial charge in [-0.1, -0.05) is 42.5 Å². The number of rotatable bonds is 6. The molecule has 0 atom stereocenters. The average molecular weight is 371 g/mol. The van der Waals surface area contributed by atoms with E-state index in [-0.39, 0.29) is 11.4 Å². The molecular formula is C20H18FNO3S. The van der Waals surface area contributed by atoms with E-state index in [1.165, 1.54) is 22.5 Å². The molecule has 0 aromatic heterocycles. The summed E-state index contributed by atoms with van der Waals surface area (Å²) in [6, 6.07) is 21.1. The first kappa shape index (κ1) is 17.9. The minimum Gasteiger partial charge on any atom is -0.497 e. The fraction of sp³-hybridized carbons (Fsp3) is 0.100. The van der Waals surface area contributed by atoms with E-state index in [9.17, 15) is 12.8 Å². The molecule has 3 aromatic rings. The van der Waals surface area contributed by atoms with Gasteiger partial charge in [0.15, 0.2) is 0 Å². The minimum absolute atomic E-state index is 0.0741. The van der Waals surface area contributed by atoms with E-state index in [0.29, 0.717) is 11.4 Å². The maximum atomic E-state index is 14.2. The first-order valence-electron chi connectivity index (χ1n) is 7.97. The lowest BCUT2D eigenvalue weighted by atomic mass is 10.2. The van der Waals surface area contributed by atoms with E-state index in [1.807, 2.05) is 0 Å². The summed E-state index contributed by atoms with van der Waals surface area (Å²) in [5.41, 5.74) is 1.22. The van der Waals surface area contributed by atoms with Gasteiger partial charge in [-0.3, -0.25) is 4.31 Å². The van der Waals surface area contributed by atoms with Crippen LogP contribution in [-0.2, 0) is 16.6 Å². The number of para-hydroxylation sites is 1. The maximum absolute atomic E-state index is 14.2. The summed E-state index contributed by atoms with van der Waals surface area (Å²) in [6.45, 7) is 0.0741. The van der Waals surface area contributed by atoms with Crippen molar-refractivity contribution in [2.75, 3.05) is 11.4 Å². The number of methoxy groups -OCH3 is 1. The van der Waals surface area contributed by atoms with E-state index >= 15 is 0 Å². The van der Waals surface area contributed by atoms with Crippen LogP contribution >= 0.6 is 0 Å². The second kappa shape index (κ2) is 7.58. The van der Waals surface area contributed by atoms with Crippen LogP contribution in [0.25, 0.3) is 0 Å². The number of benzene rings is 3. The molecular weight excluding hydrogens is 353 g/mol. The van der Waals surface area contributed by atoms with Crippen molar-refractivity contribution in [3.63, 3.8) is 0 Å². The third-order valence-electron chi connectivity index (χ3n) is 3.93. The standard InChI is InChI=1S/C20H18FNO3S/c1-25-18-13-11-16(12-14-18)15-22(17-7-3-2-4-8-17)26(23,24)20-10-6-5-9-19(20)21/h2-14H,15H2,1H3. The zero-order valence-corrected chi connectivity index (χ0v) is 15.0. The third-order valence-corrected chi connectivity index (χ3v) is 5.74. The van der Waals surface area contributed by atoms with Gasteiger partial charge < -0.3 is 4.74 Å². The van der Waals surface area contributed by atoms with Crippen LogP contribution in [0.15, 0.2) is 83.8 Å². The molecule has 26 heavy (non-hydrogen) atoms. The van der Waals surface area contributed by atoms with Crippen molar-refractivity contribution >= 4 is 15.7 Å². The third kappa shape index (κ3) is 3.70. The van der Waals surface area contributed by atoms with Gasteiger partial charge in [-0.2, -0.15) is 0 Å². The van der Waals surface area contributed by atoms with Gasteiger partial charge in [-0.05, 0) is 42.0 Å². The first-order valence-corrected chi connectivity index (χ1v) is 9.41. The van der Waals surface area contributed by atoms with Crippen LogP contribution in [-0.4, -0.2) is 15.5 Å². The van der Waals surface area contributed by atoms with E-state index in [1.54, 1.807) is 61.7 Å². The summed E-state index contributed by atoms with van der Waals surface area (Å²) < 4.78 is 46.8. The lowest BCUT2D eigenvalue weighted by Gasteiger charge is -2.25. The lowest BCUT2D eigenvalue weighted by Crippen LogP contribution is -2.31. The Hall–Kier alpha value is -2.86. The topological polar surface area (TPSA) is 46.6 Å². The summed E-state index contributed by atoms with van der Waals surface area (Å²) in [5.74, 6) is -0.0971. The molecule has 0 aliphatic carbocycles. The van der Waals surface area contributed by atoms with Gasteiger partial charge in [0.2, 0.25) is 0 Å². The van der Waals surface area contributed by atoms with Crippen molar-refractivity contribution < 1.29 is 17.5 Å². The number of sulfonamides is 1. The molecule has 0 saturated heterocycles. The van der Waals surface area contributed by atoms with E-state index in [4.69, 9.17) is 4.74 Å². The van der Waals surface area contributed by atoms with Crippen molar-refractivity contribution in [1.82, 2.24) is 0 Å². The molecule has 4 nitrogen and oxygen atoms in total. The summed E-state index contributed by atoms with van der Waals surface area (Å²) >= 11 is 0. The average Bonchev–Trinajstić information content (AvgIpc) is 2.67. The Balaban J connectivity index is 2.05. The molecule has 0 N–H and O–H groups in total. The van der Waals surface area contributed by atoms with Crippen molar-refractivity contribution in [2.45, 2.75) is 11.4 Å². The number of ether oxygens (including phenoxy) is 1. The summed E-state index contributed by atoms with van der Waals surface area (Å²) in [5, 5.41) is 0. The van der Waals surface area contributed by atoms with Crippen LogP contribution in [0.1, 0.15) is 5.56 Å². The molecule has 0 amide bonds. The number of hydrogen-bond donors (Lipinski definition) is 0. The summed E-state index contributed by atoms with van der Waals surface area (Å²) in [6.07, 6.45) is 0. The molecule has 0 radical (unpaired) electrons. The Bertz CT molecular complexity index is 973. The van der Waals surface area contributed by atoms with Crippen LogP contribution in [0, 0.1) is 5.82 Å². The predicted molar refractivity (Wildman–Crippen MR) is 99.2 cm³/mol. The Kier molecular flexibility index (Phi) is 5.23. The monoisotopic (exact) mass is 371 g/mol. The number of halogens is 1. The predicted octanol–water partition coefficient (Wildman–Crippen LogP) is 4.23. The van der Waals surface area contributed by atoms with Crippen molar-refractivity contribution in [3.8, 4) is 5.75 Å². The summed E-state index contributed by atoms with van der Waals surface area (Å²) in [4.78, 5) is -0.350. The Morgan fingerprint density at radius 2 is 1.50 bits per heavy atom. The maximum Gasteiger partial charge on any atom is 0.267 e. The number of nitrogens with zero attached hydrogens (tertiary/aromatic N) is 1. The fourth-order valence-electron chi connectivity index (χ4n) is 2.58. The molecule has 0 aliphatic rings. The smallest absolute Gasteiger partial charge is 0.267 e. The molecule has 0 bridgehead atoms. The molecule has 0 fully saturated rings. The molecule has 6 heteroatoms. The highest BCUT2D eigenvalue weighted by Crippen LogP contribution is 2.27. The number of anilines is 1. The van der Waals surface area contributed by atoms with Gasteiger partial charge in [0.1, 0.15) is 16.5 Å². The number of hydrogen-bond acceptors (Lipinski definition) is 3. The quantitative estimate of drug-likeness (QED) is 0.651. The largest absolute Gasteiger partial charge is 0.497 e. The minimum atomic E-state index is -4.07. The van der Waals surface area contributed by atoms with E-state index in [2.05, 4.69) is 0 Å². The molecule has 0 spiro atoms. The normalized spacial score (nSPS) is 11.2. The molecule has 0 aliphatic heterocycles. The second-order valence-electron chi connectivity index (χ2n) is 5.63. The van der Waals surface area contributed by atoms with Crippen LogP contribution in [0.2, 0.25) is 0 Å². The molecule has 134 valence electrons. The van der Waals surface area contributed by atoms with Crippen LogP contribution in [0.3, 0.4) is 0 Å². The van der Waals surface area contributed by atoms with Gasteiger partial charge in [0.05, 0.1) is 19.3 Å². The molecule has 3 rings (SSSR count). The van der Waals surface area contributed by atoms with Gasteiger partial charge in [-0.15, -0.1) is 0 Å². The Morgan fingerprint density at radius 1 is 0.885 bits per heavy atom. The highest BCUT2D eigenvalue weighted by Gasteiger charge is 2.27. The molecule has 0 heterocycles. The highest BCUT2D eigenvalue weighted by atomic mass is 32.2. The van der Waals surface area contributed by atoms with Crippen molar-refractivity contribution in [3.05, 3.63) is 90.2 Å². The van der Waals surface area contributed by atoms with Gasteiger partial charge in [0.25, 0.3) is 10.0 Å². The Labute approximate surface area is 152 Å². The van der Waals surface area contributed by atoms with Gasteiger partial charge in [0, 0.05) is 0 Å². The fourth-order valence-corrected chi connectivity index (χ4v) is 4.10. The van der Waals surface area contributed by atoms with E-state index in [0.717, 1.165) is 11.6 Å². The van der Waals surface area contributed by atoms with Crippen LogP contribution < -0.4 is 9.04 Å². The second-order valence-corrected chi connectivity index (χ2v) is 7.46. The zero-order valence-electron chi connectivity index (χ0n) is 14.2. The van der Waals surface area contributed by atoms with Crippen LogP contribution in [0.5, 0.6) is 5.75 Å². The van der Waals surface area contributed by atoms with Crippen molar-refractivity contribution in [2.24, 2.45) is 0 Å². The molecule has 3 aromatic carbocycles. The molecule has 0 saturated carbocycles. The van der Waals surface area contributed by atoms with Gasteiger partial charge >= 0.3 is 0 Å². The van der Waals surface area contributed by atoms with Gasteiger partial charge in [-0.25, -0.2) is 12.8 Å². The lowest BCUT2D eigenvalue weighted by molar-refractivity contribution is 0.414. The summed E-state index contributed by atoms with van der Waals surface area (Å²) in [7, 11) is -2.51. The zero-order chi connectivity index (χ0) is 18.6. The first-order chi connectivity index (χ1) is 12.5. The highest BCUT2D eigenvalue weighted by molar-refractivity contribution is 7.92. The SMILES string of the molecule is COc1ccc(CN(c2ccccc2)S(=O)(=O)c2ccccc2F)cc1. The Morgan fingerprint density at radius 3 is 2.12 bits per heavy atom. The van der Waals surface area contributed by atoms with Crippen LogP contribution in [0.4, 0.5) is 10.1 Å². The van der Waals surface area contributed by atoms with E-state index < -0.39 is 15.8 Å².